The number of amides is 1. The number of aromatic nitrogens is 2. The van der Waals surface area contributed by atoms with Gasteiger partial charge >= 0.3 is 0 Å². The van der Waals surface area contributed by atoms with Crippen LogP contribution in [-0.2, 0) is 0 Å². The largest absolute Gasteiger partial charge is 0.337 e. The first kappa shape index (κ1) is 16.4. The van der Waals surface area contributed by atoms with Crippen LogP contribution in [0.4, 0.5) is 11.6 Å². The number of likely N-dealkylation sites (tertiary alicyclic amines) is 1. The molecule has 1 aromatic carbocycles. The van der Waals surface area contributed by atoms with Crippen LogP contribution in [0.2, 0.25) is 0 Å². The van der Waals surface area contributed by atoms with Gasteiger partial charge in [-0.1, -0.05) is 6.07 Å². The lowest BCUT2D eigenvalue weighted by Gasteiger charge is -2.26. The van der Waals surface area contributed by atoms with E-state index >= 15 is 0 Å². The predicted octanol–water partition coefficient (Wildman–Crippen LogP) is 3.77. The minimum absolute atomic E-state index is 0.00309. The summed E-state index contributed by atoms with van der Waals surface area (Å²) in [6, 6.07) is 7.89. The average molecular weight is 324 g/mol. The van der Waals surface area contributed by atoms with Gasteiger partial charge < -0.3 is 10.2 Å². The summed E-state index contributed by atoms with van der Waals surface area (Å²) in [4.78, 5) is 23.4. The van der Waals surface area contributed by atoms with Crippen molar-refractivity contribution < 1.29 is 4.79 Å². The molecule has 5 nitrogen and oxygen atoms in total. The minimum atomic E-state index is 0.00309. The van der Waals surface area contributed by atoms with E-state index in [9.17, 15) is 4.79 Å². The summed E-state index contributed by atoms with van der Waals surface area (Å²) in [5, 5.41) is 3.22. The van der Waals surface area contributed by atoms with Crippen molar-refractivity contribution in [3.8, 4) is 0 Å². The molecular formula is C19H24N4O. The van der Waals surface area contributed by atoms with Gasteiger partial charge in [0.2, 0.25) is 5.95 Å². The number of hydrogen-bond donors (Lipinski definition) is 1. The van der Waals surface area contributed by atoms with E-state index in [0.717, 1.165) is 37.3 Å². The smallest absolute Gasteiger partial charge is 0.272 e. The molecule has 1 amide bonds. The molecule has 1 aliphatic rings. The molecule has 0 bridgehead atoms. The first-order valence-electron chi connectivity index (χ1n) is 8.52. The van der Waals surface area contributed by atoms with Crippen LogP contribution in [0.15, 0.2) is 24.3 Å². The van der Waals surface area contributed by atoms with Crippen molar-refractivity contribution in [1.29, 1.82) is 0 Å². The summed E-state index contributed by atoms with van der Waals surface area (Å²) in [6.45, 7) is 7.68. The Morgan fingerprint density at radius 2 is 1.75 bits per heavy atom. The number of nitrogens with zero attached hydrogens (tertiary/aromatic N) is 3. The fraction of sp³-hybridized carbons (Fsp3) is 0.421. The number of benzene rings is 1. The van der Waals surface area contributed by atoms with Crippen molar-refractivity contribution in [2.45, 2.75) is 40.0 Å². The van der Waals surface area contributed by atoms with E-state index in [4.69, 9.17) is 0 Å². The van der Waals surface area contributed by atoms with Crippen LogP contribution >= 0.6 is 0 Å². The maximum absolute atomic E-state index is 12.7. The first-order valence-corrected chi connectivity index (χ1v) is 8.52. The van der Waals surface area contributed by atoms with Crippen molar-refractivity contribution in [2.24, 2.45) is 0 Å². The molecule has 1 N–H and O–H groups in total. The molecule has 3 rings (SSSR count). The van der Waals surface area contributed by atoms with Crippen molar-refractivity contribution in [3.63, 3.8) is 0 Å². The standard InChI is InChI=1S/C19H24N4O/c1-13-7-8-16(11-14(13)2)21-19-20-15(3)12-17(22-19)18(24)23-9-5-4-6-10-23/h7-8,11-12H,4-6,9-10H2,1-3H3,(H,20,21,22). The second-order valence-electron chi connectivity index (χ2n) is 6.50. The summed E-state index contributed by atoms with van der Waals surface area (Å²) in [5.41, 5.74) is 4.64. The normalized spacial score (nSPS) is 14.5. The number of aryl methyl sites for hydroxylation is 3. The highest BCUT2D eigenvalue weighted by molar-refractivity contribution is 5.92. The molecule has 1 fully saturated rings. The van der Waals surface area contributed by atoms with Crippen molar-refractivity contribution in [3.05, 3.63) is 46.8 Å². The molecule has 0 aliphatic carbocycles. The molecular weight excluding hydrogens is 300 g/mol. The summed E-state index contributed by atoms with van der Waals surface area (Å²) in [5.74, 6) is 0.474. The van der Waals surface area contributed by atoms with Gasteiger partial charge in [-0.05, 0) is 69.4 Å². The summed E-state index contributed by atoms with van der Waals surface area (Å²) in [7, 11) is 0. The molecule has 1 aliphatic heterocycles. The molecule has 5 heteroatoms. The number of hydrogen-bond acceptors (Lipinski definition) is 4. The molecule has 0 unspecified atom stereocenters. The van der Waals surface area contributed by atoms with Gasteiger partial charge in [-0.2, -0.15) is 0 Å². The molecule has 2 aromatic rings. The highest BCUT2D eigenvalue weighted by Gasteiger charge is 2.20. The van der Waals surface area contributed by atoms with Gasteiger partial charge in [0.05, 0.1) is 0 Å². The molecule has 24 heavy (non-hydrogen) atoms. The zero-order valence-electron chi connectivity index (χ0n) is 14.6. The van der Waals surface area contributed by atoms with Gasteiger partial charge in [0.1, 0.15) is 5.69 Å². The van der Waals surface area contributed by atoms with E-state index in [1.54, 1.807) is 6.07 Å². The van der Waals surface area contributed by atoms with E-state index in [0.29, 0.717) is 11.6 Å². The number of piperidine rings is 1. The molecule has 1 saturated heterocycles. The van der Waals surface area contributed by atoms with Crippen LogP contribution < -0.4 is 5.32 Å². The fourth-order valence-corrected chi connectivity index (χ4v) is 2.94. The van der Waals surface area contributed by atoms with Gasteiger partial charge in [-0.25, -0.2) is 9.97 Å². The lowest BCUT2D eigenvalue weighted by molar-refractivity contribution is 0.0718. The summed E-state index contributed by atoms with van der Waals surface area (Å²) in [6.07, 6.45) is 3.35. The van der Waals surface area contributed by atoms with Crippen LogP contribution in [0.1, 0.15) is 46.6 Å². The molecule has 0 radical (unpaired) electrons. The molecule has 1 aromatic heterocycles. The Hall–Kier alpha value is -2.43. The maximum atomic E-state index is 12.7. The number of nitrogens with one attached hydrogen (secondary N) is 1. The minimum Gasteiger partial charge on any atom is -0.337 e. The maximum Gasteiger partial charge on any atom is 0.272 e. The number of rotatable bonds is 3. The van der Waals surface area contributed by atoms with Crippen molar-refractivity contribution in [1.82, 2.24) is 14.9 Å². The fourth-order valence-electron chi connectivity index (χ4n) is 2.94. The first-order chi connectivity index (χ1) is 11.5. The van der Waals surface area contributed by atoms with E-state index in [-0.39, 0.29) is 5.91 Å². The number of anilines is 2. The van der Waals surface area contributed by atoms with Gasteiger partial charge in [-0.15, -0.1) is 0 Å². The monoisotopic (exact) mass is 324 g/mol. The van der Waals surface area contributed by atoms with Crippen LogP contribution in [0.25, 0.3) is 0 Å². The lowest BCUT2D eigenvalue weighted by Crippen LogP contribution is -2.36. The number of carbonyl (C=O) groups is 1. The highest BCUT2D eigenvalue weighted by Crippen LogP contribution is 2.19. The van der Waals surface area contributed by atoms with Gasteiger partial charge in [0, 0.05) is 24.5 Å². The van der Waals surface area contributed by atoms with Gasteiger partial charge in [0.15, 0.2) is 0 Å². The molecule has 0 saturated carbocycles. The topological polar surface area (TPSA) is 58.1 Å². The summed E-state index contributed by atoms with van der Waals surface area (Å²) >= 11 is 0. The van der Waals surface area contributed by atoms with Gasteiger partial charge in [0.25, 0.3) is 5.91 Å². The van der Waals surface area contributed by atoms with Crippen LogP contribution in [0.3, 0.4) is 0 Å². The Morgan fingerprint density at radius 1 is 1.00 bits per heavy atom. The Bertz CT molecular complexity index is 751. The molecule has 2 heterocycles. The van der Waals surface area contributed by atoms with Crippen molar-refractivity contribution in [2.75, 3.05) is 18.4 Å². The second-order valence-corrected chi connectivity index (χ2v) is 6.50. The Kier molecular flexibility index (Phi) is 4.79. The Morgan fingerprint density at radius 3 is 2.46 bits per heavy atom. The van der Waals surface area contributed by atoms with E-state index in [1.807, 2.05) is 17.9 Å². The van der Waals surface area contributed by atoms with E-state index in [1.165, 1.54) is 17.5 Å². The third kappa shape index (κ3) is 3.72. The third-order valence-electron chi connectivity index (χ3n) is 4.48. The van der Waals surface area contributed by atoms with Crippen LogP contribution in [0.5, 0.6) is 0 Å². The predicted molar refractivity (Wildman–Crippen MR) is 95.7 cm³/mol. The molecule has 0 atom stereocenters. The quantitative estimate of drug-likeness (QED) is 0.933. The highest BCUT2D eigenvalue weighted by atomic mass is 16.2. The van der Waals surface area contributed by atoms with Crippen LogP contribution in [0, 0.1) is 20.8 Å². The van der Waals surface area contributed by atoms with Crippen LogP contribution in [-0.4, -0.2) is 33.9 Å². The average Bonchev–Trinajstić information content (AvgIpc) is 2.58. The lowest BCUT2D eigenvalue weighted by atomic mass is 10.1. The number of carbonyl (C=O) groups excluding carboxylic acids is 1. The van der Waals surface area contributed by atoms with E-state index in [2.05, 4.69) is 41.3 Å². The van der Waals surface area contributed by atoms with Gasteiger partial charge in [-0.3, -0.25) is 4.79 Å². The Balaban J connectivity index is 1.82. The molecule has 126 valence electrons. The zero-order valence-corrected chi connectivity index (χ0v) is 14.6. The van der Waals surface area contributed by atoms with E-state index < -0.39 is 0 Å². The SMILES string of the molecule is Cc1cc(C(=O)N2CCCCC2)nc(Nc2ccc(C)c(C)c2)n1. The molecule has 0 spiro atoms. The second kappa shape index (κ2) is 6.99. The Labute approximate surface area is 143 Å². The zero-order chi connectivity index (χ0) is 17.1. The van der Waals surface area contributed by atoms with Crippen molar-refractivity contribution >= 4 is 17.5 Å². The third-order valence-corrected chi connectivity index (χ3v) is 4.48. The summed E-state index contributed by atoms with van der Waals surface area (Å²) < 4.78 is 0.